The molecule has 2 bridgehead atoms. The van der Waals surface area contributed by atoms with Crippen LogP contribution in [0.4, 0.5) is 0 Å². The van der Waals surface area contributed by atoms with Gasteiger partial charge in [-0.3, -0.25) is 9.69 Å². The van der Waals surface area contributed by atoms with Gasteiger partial charge in [-0.1, -0.05) is 18.6 Å². The number of aryl methyl sites for hydroxylation is 1. The smallest absolute Gasteiger partial charge is 0.223 e. The van der Waals surface area contributed by atoms with Gasteiger partial charge in [0.1, 0.15) is 5.82 Å². The van der Waals surface area contributed by atoms with E-state index in [1.54, 1.807) is 0 Å². The van der Waals surface area contributed by atoms with E-state index in [1.165, 1.54) is 38.8 Å². The molecule has 3 fully saturated rings. The maximum atomic E-state index is 12.8. The van der Waals surface area contributed by atoms with Crippen molar-refractivity contribution in [2.75, 3.05) is 26.2 Å². The van der Waals surface area contributed by atoms with Gasteiger partial charge in [-0.25, -0.2) is 4.98 Å². The summed E-state index contributed by atoms with van der Waals surface area (Å²) in [6.07, 6.45) is 6.65. The van der Waals surface area contributed by atoms with Crippen molar-refractivity contribution in [1.29, 1.82) is 0 Å². The summed E-state index contributed by atoms with van der Waals surface area (Å²) in [6, 6.07) is 8.79. The predicted molar refractivity (Wildman–Crippen MR) is 102 cm³/mol. The Kier molecular flexibility index (Phi) is 4.20. The molecule has 3 aliphatic rings. The van der Waals surface area contributed by atoms with E-state index in [0.717, 1.165) is 36.0 Å². The van der Waals surface area contributed by atoms with E-state index >= 15 is 0 Å². The lowest BCUT2D eigenvalue weighted by Gasteiger charge is -2.52. The van der Waals surface area contributed by atoms with Crippen LogP contribution in [0.2, 0.25) is 0 Å². The van der Waals surface area contributed by atoms with Gasteiger partial charge in [0, 0.05) is 38.5 Å². The summed E-state index contributed by atoms with van der Waals surface area (Å²) < 4.78 is 0. The Morgan fingerprint density at radius 3 is 3.04 bits per heavy atom. The molecule has 5 nitrogen and oxygen atoms in total. The van der Waals surface area contributed by atoms with E-state index < -0.39 is 0 Å². The van der Waals surface area contributed by atoms with Crippen LogP contribution in [0.3, 0.4) is 0 Å². The Bertz CT molecular complexity index is 767. The Labute approximate surface area is 154 Å². The van der Waals surface area contributed by atoms with Crippen LogP contribution in [0, 0.1) is 11.8 Å². The standard InChI is InChI=1S/C21H28N4O/c26-21(9-8-20-22-17-5-1-2-6-18(17)23-20)25-13-15-11-16(14-25)19-7-3-4-10-24(19)12-15/h1-2,5-6,15-16,19H,3-4,7-14H2,(H,22,23)/t15-,16-,19+/m1/s1. The van der Waals surface area contributed by atoms with Crippen LogP contribution in [0.5, 0.6) is 0 Å². The summed E-state index contributed by atoms with van der Waals surface area (Å²) in [5.74, 6) is 2.61. The molecule has 3 saturated heterocycles. The fourth-order valence-electron chi connectivity index (χ4n) is 5.48. The van der Waals surface area contributed by atoms with Gasteiger partial charge >= 0.3 is 0 Å². The lowest BCUT2D eigenvalue weighted by atomic mass is 9.76. The van der Waals surface area contributed by atoms with Crippen molar-refractivity contribution in [2.24, 2.45) is 11.8 Å². The number of rotatable bonds is 3. The molecule has 138 valence electrons. The Hall–Kier alpha value is -1.88. The number of fused-ring (bicyclic) bond motifs is 5. The molecule has 1 aromatic heterocycles. The largest absolute Gasteiger partial charge is 0.342 e. The highest BCUT2D eigenvalue weighted by atomic mass is 16.2. The van der Waals surface area contributed by atoms with Crippen molar-refractivity contribution in [2.45, 2.75) is 44.6 Å². The molecule has 0 radical (unpaired) electrons. The second-order valence-electron chi connectivity index (χ2n) is 8.42. The summed E-state index contributed by atoms with van der Waals surface area (Å²) in [5.41, 5.74) is 2.04. The monoisotopic (exact) mass is 352 g/mol. The zero-order valence-electron chi connectivity index (χ0n) is 15.4. The lowest BCUT2D eigenvalue weighted by molar-refractivity contribution is -0.137. The zero-order chi connectivity index (χ0) is 17.5. The Balaban J connectivity index is 1.22. The number of likely N-dealkylation sites (tertiary alicyclic amines) is 1. The average molecular weight is 352 g/mol. The summed E-state index contributed by atoms with van der Waals surface area (Å²) in [6.45, 7) is 4.40. The number of para-hydroxylation sites is 2. The minimum Gasteiger partial charge on any atom is -0.342 e. The van der Waals surface area contributed by atoms with Crippen molar-refractivity contribution < 1.29 is 4.79 Å². The van der Waals surface area contributed by atoms with Crippen molar-refractivity contribution >= 4 is 16.9 Å². The number of imidazole rings is 1. The van der Waals surface area contributed by atoms with Gasteiger partial charge < -0.3 is 9.88 Å². The number of hydrogen-bond acceptors (Lipinski definition) is 3. The van der Waals surface area contributed by atoms with Crippen LogP contribution < -0.4 is 0 Å². The van der Waals surface area contributed by atoms with Crippen LogP contribution in [-0.4, -0.2) is 57.9 Å². The molecule has 26 heavy (non-hydrogen) atoms. The predicted octanol–water partition coefficient (Wildman–Crippen LogP) is 2.83. The third-order valence-corrected chi connectivity index (χ3v) is 6.64. The summed E-state index contributed by atoms with van der Waals surface area (Å²) in [4.78, 5) is 25.7. The van der Waals surface area contributed by atoms with Gasteiger partial charge in [0.15, 0.2) is 0 Å². The number of nitrogens with zero attached hydrogens (tertiary/aromatic N) is 3. The van der Waals surface area contributed by atoms with Gasteiger partial charge in [-0.2, -0.15) is 0 Å². The molecule has 0 unspecified atom stereocenters. The summed E-state index contributed by atoms with van der Waals surface area (Å²) in [7, 11) is 0. The van der Waals surface area contributed by atoms with Crippen LogP contribution in [-0.2, 0) is 11.2 Å². The van der Waals surface area contributed by atoms with Crippen LogP contribution >= 0.6 is 0 Å². The molecule has 0 aliphatic carbocycles. The van der Waals surface area contributed by atoms with Gasteiger partial charge in [-0.15, -0.1) is 0 Å². The molecule has 4 heterocycles. The number of aromatic amines is 1. The van der Waals surface area contributed by atoms with Gasteiger partial charge in [0.05, 0.1) is 11.0 Å². The number of nitrogens with one attached hydrogen (secondary N) is 1. The van der Waals surface area contributed by atoms with Crippen molar-refractivity contribution in [1.82, 2.24) is 19.8 Å². The van der Waals surface area contributed by atoms with E-state index in [-0.39, 0.29) is 0 Å². The van der Waals surface area contributed by atoms with Crippen LogP contribution in [0.1, 0.15) is 37.9 Å². The van der Waals surface area contributed by atoms with Gasteiger partial charge in [-0.05, 0) is 49.8 Å². The quantitative estimate of drug-likeness (QED) is 0.924. The van der Waals surface area contributed by atoms with Crippen LogP contribution in [0.15, 0.2) is 24.3 Å². The van der Waals surface area contributed by atoms with Crippen molar-refractivity contribution in [3.8, 4) is 0 Å². The Morgan fingerprint density at radius 1 is 1.19 bits per heavy atom. The topological polar surface area (TPSA) is 52.2 Å². The second-order valence-corrected chi connectivity index (χ2v) is 8.42. The lowest BCUT2D eigenvalue weighted by Crippen LogP contribution is -2.59. The van der Waals surface area contributed by atoms with Gasteiger partial charge in [0.2, 0.25) is 5.91 Å². The maximum Gasteiger partial charge on any atom is 0.223 e. The number of H-pyrrole nitrogens is 1. The molecule has 0 saturated carbocycles. The fourth-order valence-corrected chi connectivity index (χ4v) is 5.48. The first-order chi connectivity index (χ1) is 12.8. The normalized spacial score (nSPS) is 28.9. The van der Waals surface area contributed by atoms with E-state index in [4.69, 9.17) is 0 Å². The number of piperidine rings is 3. The summed E-state index contributed by atoms with van der Waals surface area (Å²) in [5, 5.41) is 0. The number of carbonyl (C=O) groups is 1. The van der Waals surface area contributed by atoms with E-state index in [9.17, 15) is 4.79 Å². The first kappa shape index (κ1) is 16.3. The highest BCUT2D eigenvalue weighted by Crippen LogP contribution is 2.37. The van der Waals surface area contributed by atoms with Gasteiger partial charge in [0.25, 0.3) is 0 Å². The molecule has 3 atom stereocenters. The molecule has 5 heteroatoms. The average Bonchev–Trinajstić information content (AvgIpc) is 3.09. The number of benzene rings is 1. The first-order valence-corrected chi connectivity index (χ1v) is 10.2. The maximum absolute atomic E-state index is 12.8. The molecule has 0 spiro atoms. The molecular formula is C21H28N4O. The first-order valence-electron chi connectivity index (χ1n) is 10.2. The molecule has 5 rings (SSSR count). The number of amides is 1. The highest BCUT2D eigenvalue weighted by Gasteiger charge is 2.42. The zero-order valence-corrected chi connectivity index (χ0v) is 15.4. The van der Waals surface area contributed by atoms with Crippen molar-refractivity contribution in [3.05, 3.63) is 30.1 Å². The minimum atomic E-state index is 0.310. The highest BCUT2D eigenvalue weighted by molar-refractivity contribution is 5.77. The number of aromatic nitrogens is 2. The number of hydrogen-bond donors (Lipinski definition) is 1. The molecule has 3 aliphatic heterocycles. The van der Waals surface area contributed by atoms with E-state index in [0.29, 0.717) is 30.6 Å². The van der Waals surface area contributed by atoms with E-state index in [1.807, 2.05) is 24.3 Å². The van der Waals surface area contributed by atoms with Crippen molar-refractivity contribution in [3.63, 3.8) is 0 Å². The SMILES string of the molecule is O=C(CCc1nc2ccccc2[nH]1)N1C[C@@H]2C[C@H](C1)[C@@H]1CCCCN1C2. The molecule has 1 N–H and O–H groups in total. The number of carbonyl (C=O) groups excluding carboxylic acids is 1. The molecular weight excluding hydrogens is 324 g/mol. The Morgan fingerprint density at radius 2 is 2.12 bits per heavy atom. The molecule has 1 aromatic carbocycles. The summed E-state index contributed by atoms with van der Waals surface area (Å²) >= 11 is 0. The molecule has 1 amide bonds. The van der Waals surface area contributed by atoms with E-state index in [2.05, 4.69) is 19.8 Å². The second kappa shape index (κ2) is 6.69. The fraction of sp³-hybridized carbons (Fsp3) is 0.619. The third-order valence-electron chi connectivity index (χ3n) is 6.64. The minimum absolute atomic E-state index is 0.310. The third kappa shape index (κ3) is 3.02. The van der Waals surface area contributed by atoms with Crippen LogP contribution in [0.25, 0.3) is 11.0 Å². The molecule has 2 aromatic rings.